The van der Waals surface area contributed by atoms with Crippen LogP contribution in [0.25, 0.3) is 0 Å². The Kier molecular flexibility index (Phi) is 5.83. The van der Waals surface area contributed by atoms with E-state index in [1.54, 1.807) is 0 Å². The zero-order chi connectivity index (χ0) is 11.3. The molecule has 84 valence electrons. The molecule has 0 spiro atoms. The van der Waals surface area contributed by atoms with Crippen molar-refractivity contribution in [3.8, 4) is 0 Å². The summed E-state index contributed by atoms with van der Waals surface area (Å²) in [6.07, 6.45) is 3.16. The maximum Gasteiger partial charge on any atom is 0.0454 e. The van der Waals surface area contributed by atoms with E-state index in [1.165, 1.54) is 0 Å². The van der Waals surface area contributed by atoms with E-state index >= 15 is 0 Å². The van der Waals surface area contributed by atoms with Crippen molar-refractivity contribution in [2.24, 2.45) is 0 Å². The summed E-state index contributed by atoms with van der Waals surface area (Å²) in [7, 11) is 1.95. The number of thioether (sulfide) groups is 1. The van der Waals surface area contributed by atoms with Gasteiger partial charge in [0.05, 0.1) is 0 Å². The topological polar surface area (TPSA) is 12.0 Å². The van der Waals surface area contributed by atoms with Crippen LogP contribution in [-0.4, -0.2) is 19.1 Å². The SMILES string of the molecule is CNC(CCSC)c1cc(Cl)ccc1Cl. The first kappa shape index (κ1) is 13.2. The van der Waals surface area contributed by atoms with E-state index in [0.29, 0.717) is 0 Å². The molecule has 0 aliphatic carbocycles. The van der Waals surface area contributed by atoms with Gasteiger partial charge < -0.3 is 5.32 Å². The van der Waals surface area contributed by atoms with E-state index in [1.807, 2.05) is 37.0 Å². The smallest absolute Gasteiger partial charge is 0.0454 e. The molecule has 0 fully saturated rings. The summed E-state index contributed by atoms with van der Waals surface area (Å²) in [4.78, 5) is 0. The second-order valence-electron chi connectivity index (χ2n) is 3.29. The Morgan fingerprint density at radius 2 is 2.13 bits per heavy atom. The zero-order valence-corrected chi connectivity index (χ0v) is 11.2. The monoisotopic (exact) mass is 263 g/mol. The van der Waals surface area contributed by atoms with Crippen molar-refractivity contribution >= 4 is 35.0 Å². The maximum absolute atomic E-state index is 6.14. The quantitative estimate of drug-likeness (QED) is 0.862. The van der Waals surface area contributed by atoms with Gasteiger partial charge in [0.25, 0.3) is 0 Å². The van der Waals surface area contributed by atoms with Gasteiger partial charge in [0.2, 0.25) is 0 Å². The molecule has 15 heavy (non-hydrogen) atoms. The molecule has 0 saturated carbocycles. The van der Waals surface area contributed by atoms with Crippen molar-refractivity contribution in [3.05, 3.63) is 33.8 Å². The number of rotatable bonds is 5. The van der Waals surface area contributed by atoms with Gasteiger partial charge in [-0.15, -0.1) is 0 Å². The normalized spacial score (nSPS) is 12.8. The Hall–Kier alpha value is 0.110. The van der Waals surface area contributed by atoms with Crippen LogP contribution in [0.5, 0.6) is 0 Å². The Balaban J connectivity index is 2.85. The van der Waals surface area contributed by atoms with Gasteiger partial charge in [-0.1, -0.05) is 23.2 Å². The molecule has 0 aliphatic rings. The molecule has 1 unspecified atom stereocenters. The highest BCUT2D eigenvalue weighted by atomic mass is 35.5. The van der Waals surface area contributed by atoms with Crippen molar-refractivity contribution < 1.29 is 0 Å². The van der Waals surface area contributed by atoms with Gasteiger partial charge in [-0.05, 0) is 49.2 Å². The highest BCUT2D eigenvalue weighted by Crippen LogP contribution is 2.28. The molecule has 4 heteroatoms. The van der Waals surface area contributed by atoms with Crippen LogP contribution in [0.1, 0.15) is 18.0 Å². The van der Waals surface area contributed by atoms with Gasteiger partial charge >= 0.3 is 0 Å². The lowest BCUT2D eigenvalue weighted by molar-refractivity contribution is 0.581. The Morgan fingerprint density at radius 3 is 2.73 bits per heavy atom. The van der Waals surface area contributed by atoms with Crippen molar-refractivity contribution in [3.63, 3.8) is 0 Å². The van der Waals surface area contributed by atoms with E-state index < -0.39 is 0 Å². The number of halogens is 2. The van der Waals surface area contributed by atoms with Crippen LogP contribution in [-0.2, 0) is 0 Å². The minimum absolute atomic E-state index is 0.281. The van der Waals surface area contributed by atoms with Gasteiger partial charge in [0.15, 0.2) is 0 Å². The molecule has 1 nitrogen and oxygen atoms in total. The van der Waals surface area contributed by atoms with Crippen LogP contribution >= 0.6 is 35.0 Å². The lowest BCUT2D eigenvalue weighted by Crippen LogP contribution is -2.17. The molecule has 0 aliphatic heterocycles. The lowest BCUT2D eigenvalue weighted by atomic mass is 10.0. The van der Waals surface area contributed by atoms with E-state index in [2.05, 4.69) is 11.6 Å². The molecule has 0 bridgehead atoms. The minimum atomic E-state index is 0.281. The van der Waals surface area contributed by atoms with Gasteiger partial charge in [-0.25, -0.2) is 0 Å². The van der Waals surface area contributed by atoms with Crippen molar-refractivity contribution in [1.29, 1.82) is 0 Å². The Morgan fingerprint density at radius 1 is 1.40 bits per heavy atom. The second-order valence-corrected chi connectivity index (χ2v) is 5.12. The van der Waals surface area contributed by atoms with E-state index in [4.69, 9.17) is 23.2 Å². The van der Waals surface area contributed by atoms with Gasteiger partial charge in [-0.2, -0.15) is 11.8 Å². The van der Waals surface area contributed by atoms with E-state index in [9.17, 15) is 0 Å². The average molecular weight is 264 g/mol. The van der Waals surface area contributed by atoms with Crippen LogP contribution < -0.4 is 5.32 Å². The highest BCUT2D eigenvalue weighted by molar-refractivity contribution is 7.98. The fourth-order valence-electron chi connectivity index (χ4n) is 1.47. The third kappa shape index (κ3) is 3.87. The zero-order valence-electron chi connectivity index (χ0n) is 8.89. The Labute approximate surface area is 106 Å². The standard InChI is InChI=1S/C11H15Cl2NS/c1-14-11(5-6-15-2)9-7-8(12)3-4-10(9)13/h3-4,7,11,14H,5-6H2,1-2H3. The molecule has 1 aromatic carbocycles. The van der Waals surface area contributed by atoms with Crippen molar-refractivity contribution in [2.45, 2.75) is 12.5 Å². The summed E-state index contributed by atoms with van der Waals surface area (Å²) in [6, 6.07) is 5.88. The number of hydrogen-bond acceptors (Lipinski definition) is 2. The average Bonchev–Trinajstić information content (AvgIpc) is 2.24. The molecular formula is C11H15Cl2NS. The number of hydrogen-bond donors (Lipinski definition) is 1. The largest absolute Gasteiger partial charge is 0.313 e. The van der Waals surface area contributed by atoms with Crippen LogP contribution in [0.4, 0.5) is 0 Å². The third-order valence-electron chi connectivity index (χ3n) is 2.29. The molecule has 0 saturated heterocycles. The van der Waals surface area contributed by atoms with E-state index in [-0.39, 0.29) is 6.04 Å². The summed E-state index contributed by atoms with van der Waals surface area (Å²) >= 11 is 13.9. The second kappa shape index (κ2) is 6.64. The summed E-state index contributed by atoms with van der Waals surface area (Å²) in [5.41, 5.74) is 1.08. The first-order valence-electron chi connectivity index (χ1n) is 4.80. The summed E-state index contributed by atoms with van der Waals surface area (Å²) in [5, 5.41) is 4.78. The lowest BCUT2D eigenvalue weighted by Gasteiger charge is -2.17. The van der Waals surface area contributed by atoms with Crippen LogP contribution in [0.3, 0.4) is 0 Å². The Bertz CT molecular complexity index is 317. The molecule has 1 atom stereocenters. The molecule has 0 amide bonds. The first-order chi connectivity index (χ1) is 7.19. The van der Waals surface area contributed by atoms with Crippen LogP contribution in [0.2, 0.25) is 10.0 Å². The van der Waals surface area contributed by atoms with Crippen molar-refractivity contribution in [1.82, 2.24) is 5.32 Å². The summed E-state index contributed by atoms with van der Waals surface area (Å²) in [5.74, 6) is 1.11. The van der Waals surface area contributed by atoms with E-state index in [0.717, 1.165) is 27.8 Å². The van der Waals surface area contributed by atoms with Crippen LogP contribution in [0.15, 0.2) is 18.2 Å². The highest BCUT2D eigenvalue weighted by Gasteiger charge is 2.12. The van der Waals surface area contributed by atoms with Gasteiger partial charge in [0.1, 0.15) is 0 Å². The predicted molar refractivity (Wildman–Crippen MR) is 71.3 cm³/mol. The summed E-state index contributed by atoms with van der Waals surface area (Å²) in [6.45, 7) is 0. The predicted octanol–water partition coefficient (Wildman–Crippen LogP) is 4.01. The number of nitrogens with one attached hydrogen (secondary N) is 1. The van der Waals surface area contributed by atoms with Gasteiger partial charge in [-0.3, -0.25) is 0 Å². The minimum Gasteiger partial charge on any atom is -0.313 e. The third-order valence-corrected chi connectivity index (χ3v) is 3.52. The fraction of sp³-hybridized carbons (Fsp3) is 0.455. The molecular weight excluding hydrogens is 249 g/mol. The van der Waals surface area contributed by atoms with Crippen LogP contribution in [0, 0.1) is 0 Å². The van der Waals surface area contributed by atoms with Crippen molar-refractivity contribution in [2.75, 3.05) is 19.1 Å². The molecule has 0 aromatic heterocycles. The molecule has 1 aromatic rings. The van der Waals surface area contributed by atoms with Gasteiger partial charge in [0, 0.05) is 16.1 Å². The number of benzene rings is 1. The fourth-order valence-corrected chi connectivity index (χ4v) is 2.37. The molecule has 0 heterocycles. The molecule has 1 rings (SSSR count). The maximum atomic E-state index is 6.14. The molecule has 1 N–H and O–H groups in total. The first-order valence-corrected chi connectivity index (χ1v) is 6.95. The summed E-state index contributed by atoms with van der Waals surface area (Å²) < 4.78 is 0. The molecule has 0 radical (unpaired) electrons.